The maximum absolute atomic E-state index is 13.1. The summed E-state index contributed by atoms with van der Waals surface area (Å²) in [5.41, 5.74) is 2.03. The predicted octanol–water partition coefficient (Wildman–Crippen LogP) is 3.62. The topological polar surface area (TPSA) is 63.7 Å². The third-order valence-electron chi connectivity index (χ3n) is 5.88. The molecule has 1 aliphatic carbocycles. The number of likely N-dealkylation sites (tertiary alicyclic amines) is 1. The Hall–Kier alpha value is -3.73. The molecule has 5 nitrogen and oxygen atoms in total. The van der Waals surface area contributed by atoms with E-state index < -0.39 is 17.7 Å². The fraction of sp³-hybridized carbons (Fsp3) is 0.160. The van der Waals surface area contributed by atoms with Gasteiger partial charge in [0.15, 0.2) is 5.78 Å². The largest absolute Gasteiger partial charge is 0.497 e. The van der Waals surface area contributed by atoms with Crippen LogP contribution in [0.25, 0.3) is 16.3 Å². The van der Waals surface area contributed by atoms with Gasteiger partial charge in [0.05, 0.1) is 19.6 Å². The number of amides is 2. The van der Waals surface area contributed by atoms with Crippen molar-refractivity contribution < 1.29 is 19.1 Å². The zero-order valence-corrected chi connectivity index (χ0v) is 16.4. The summed E-state index contributed by atoms with van der Waals surface area (Å²) in [6.45, 7) is 0.194. The third-order valence-corrected chi connectivity index (χ3v) is 5.88. The van der Waals surface area contributed by atoms with Gasteiger partial charge < -0.3 is 4.74 Å². The Morgan fingerprint density at radius 3 is 2.33 bits per heavy atom. The molecule has 0 saturated carbocycles. The summed E-state index contributed by atoms with van der Waals surface area (Å²) in [5, 5.41) is 1.95. The molecule has 0 spiro atoms. The molecule has 148 valence electrons. The van der Waals surface area contributed by atoms with Crippen molar-refractivity contribution >= 4 is 33.9 Å². The van der Waals surface area contributed by atoms with E-state index in [0.717, 1.165) is 27.6 Å². The van der Waals surface area contributed by atoms with Crippen LogP contribution in [0, 0.1) is 11.8 Å². The van der Waals surface area contributed by atoms with Gasteiger partial charge in [0.2, 0.25) is 11.8 Å². The normalized spacial score (nSPS) is 20.6. The number of ether oxygens (including phenoxy) is 1. The standard InChI is InChI=1S/C25H19NO4/c1-30-19-10-9-16-11-18(8-7-17(16)12-19)20-13-21-22(23(20)27)25(29)26(24(21)28)14-15-5-3-2-4-6-15/h2-13,21-22H,14H2,1H3/t21-,22-/m1/s1. The van der Waals surface area contributed by atoms with Gasteiger partial charge in [-0.25, -0.2) is 0 Å². The van der Waals surface area contributed by atoms with Crippen molar-refractivity contribution in [2.75, 3.05) is 7.11 Å². The summed E-state index contributed by atoms with van der Waals surface area (Å²) in [4.78, 5) is 40.1. The third kappa shape index (κ3) is 2.82. The Labute approximate surface area is 173 Å². The first kappa shape index (κ1) is 18.3. The molecular weight excluding hydrogens is 378 g/mol. The molecule has 2 atom stereocenters. The Morgan fingerprint density at radius 1 is 0.867 bits per heavy atom. The first-order valence-corrected chi connectivity index (χ1v) is 9.80. The van der Waals surface area contributed by atoms with Crippen molar-refractivity contribution in [1.82, 2.24) is 4.90 Å². The number of imide groups is 1. The van der Waals surface area contributed by atoms with Crippen LogP contribution < -0.4 is 4.74 Å². The SMILES string of the molecule is COc1ccc2cc(C3=C[C@H]4C(=O)N(Cc5ccccc5)C(=O)[C@H]4C3=O)ccc2c1. The molecule has 0 bridgehead atoms. The van der Waals surface area contributed by atoms with E-state index in [-0.39, 0.29) is 18.2 Å². The number of benzene rings is 3. The minimum Gasteiger partial charge on any atom is -0.497 e. The highest BCUT2D eigenvalue weighted by atomic mass is 16.5. The van der Waals surface area contributed by atoms with E-state index in [9.17, 15) is 14.4 Å². The second-order valence-corrected chi connectivity index (χ2v) is 7.62. The van der Waals surface area contributed by atoms with Gasteiger partial charge in [-0.15, -0.1) is 0 Å². The van der Waals surface area contributed by atoms with Crippen LogP contribution in [-0.4, -0.2) is 29.6 Å². The fourth-order valence-corrected chi connectivity index (χ4v) is 4.30. The number of ketones is 1. The quantitative estimate of drug-likeness (QED) is 0.498. The zero-order valence-electron chi connectivity index (χ0n) is 16.4. The van der Waals surface area contributed by atoms with Crippen molar-refractivity contribution in [3.63, 3.8) is 0 Å². The van der Waals surface area contributed by atoms with Crippen LogP contribution in [-0.2, 0) is 20.9 Å². The van der Waals surface area contributed by atoms with Crippen LogP contribution in [0.1, 0.15) is 11.1 Å². The summed E-state index contributed by atoms with van der Waals surface area (Å²) in [6, 6.07) is 20.7. The Balaban J connectivity index is 1.46. The number of hydrogen-bond donors (Lipinski definition) is 0. The van der Waals surface area contributed by atoms with E-state index in [1.54, 1.807) is 13.2 Å². The van der Waals surface area contributed by atoms with Crippen LogP contribution in [0.15, 0.2) is 72.8 Å². The summed E-state index contributed by atoms with van der Waals surface area (Å²) < 4.78 is 5.25. The van der Waals surface area contributed by atoms with Gasteiger partial charge in [-0.2, -0.15) is 0 Å². The summed E-state index contributed by atoms with van der Waals surface area (Å²) in [6.07, 6.45) is 1.67. The van der Waals surface area contributed by atoms with Crippen molar-refractivity contribution in [2.45, 2.75) is 6.54 Å². The predicted molar refractivity (Wildman–Crippen MR) is 112 cm³/mol. The second-order valence-electron chi connectivity index (χ2n) is 7.62. The molecule has 3 aromatic rings. The van der Waals surface area contributed by atoms with Gasteiger partial charge in [0.1, 0.15) is 11.7 Å². The van der Waals surface area contributed by atoms with Crippen LogP contribution in [0.3, 0.4) is 0 Å². The van der Waals surface area contributed by atoms with E-state index in [4.69, 9.17) is 4.74 Å². The van der Waals surface area contributed by atoms with Gasteiger partial charge >= 0.3 is 0 Å². The van der Waals surface area contributed by atoms with Crippen LogP contribution in [0.4, 0.5) is 0 Å². The molecule has 0 aromatic heterocycles. The lowest BCUT2D eigenvalue weighted by Crippen LogP contribution is -2.32. The Bertz CT molecular complexity index is 1230. The molecule has 0 radical (unpaired) electrons. The van der Waals surface area contributed by atoms with E-state index in [2.05, 4.69) is 0 Å². The maximum atomic E-state index is 13.1. The first-order valence-electron chi connectivity index (χ1n) is 9.80. The molecular formula is C25H19NO4. The fourth-order valence-electron chi connectivity index (χ4n) is 4.30. The number of allylic oxidation sites excluding steroid dienone is 1. The number of nitrogens with zero attached hydrogens (tertiary/aromatic N) is 1. The second kappa shape index (κ2) is 6.95. The summed E-state index contributed by atoms with van der Waals surface area (Å²) >= 11 is 0. The zero-order chi connectivity index (χ0) is 20.8. The molecule has 2 aliphatic rings. The van der Waals surface area contributed by atoms with Crippen LogP contribution in [0.5, 0.6) is 5.75 Å². The van der Waals surface area contributed by atoms with Gasteiger partial charge in [-0.3, -0.25) is 19.3 Å². The van der Waals surface area contributed by atoms with Crippen molar-refractivity contribution in [3.8, 4) is 5.75 Å². The Morgan fingerprint density at radius 2 is 1.60 bits per heavy atom. The molecule has 1 aliphatic heterocycles. The lowest BCUT2D eigenvalue weighted by molar-refractivity contribution is -0.141. The minimum absolute atomic E-state index is 0.194. The summed E-state index contributed by atoms with van der Waals surface area (Å²) in [7, 11) is 1.62. The molecule has 5 heteroatoms. The highest BCUT2D eigenvalue weighted by Crippen LogP contribution is 2.41. The first-order chi connectivity index (χ1) is 14.6. The molecule has 30 heavy (non-hydrogen) atoms. The van der Waals surface area contributed by atoms with Gasteiger partial charge in [-0.1, -0.05) is 54.6 Å². The molecule has 1 fully saturated rings. The number of carbonyl (C=O) groups excluding carboxylic acids is 3. The van der Waals surface area contributed by atoms with E-state index >= 15 is 0 Å². The molecule has 1 heterocycles. The van der Waals surface area contributed by atoms with Gasteiger partial charge in [0, 0.05) is 5.57 Å². The molecule has 0 unspecified atom stereocenters. The van der Waals surface area contributed by atoms with E-state index in [0.29, 0.717) is 5.57 Å². The smallest absolute Gasteiger partial charge is 0.241 e. The number of rotatable bonds is 4. The van der Waals surface area contributed by atoms with Crippen molar-refractivity contribution in [3.05, 3.63) is 83.9 Å². The average Bonchev–Trinajstić information content (AvgIpc) is 3.24. The highest BCUT2D eigenvalue weighted by molar-refractivity contribution is 6.34. The minimum atomic E-state index is -0.942. The molecule has 5 rings (SSSR count). The highest BCUT2D eigenvalue weighted by Gasteiger charge is 2.54. The van der Waals surface area contributed by atoms with E-state index in [1.165, 1.54) is 4.90 Å². The molecule has 3 aromatic carbocycles. The number of fused-ring (bicyclic) bond motifs is 2. The van der Waals surface area contributed by atoms with Gasteiger partial charge in [-0.05, 0) is 40.1 Å². The monoisotopic (exact) mass is 397 g/mol. The van der Waals surface area contributed by atoms with Gasteiger partial charge in [0.25, 0.3) is 0 Å². The summed E-state index contributed by atoms with van der Waals surface area (Å²) in [5.74, 6) is -1.88. The Kier molecular flexibility index (Phi) is 4.24. The van der Waals surface area contributed by atoms with Crippen LogP contribution in [0.2, 0.25) is 0 Å². The molecule has 1 saturated heterocycles. The van der Waals surface area contributed by atoms with Crippen LogP contribution >= 0.6 is 0 Å². The average molecular weight is 397 g/mol. The maximum Gasteiger partial charge on any atom is 0.241 e. The number of methoxy groups -OCH3 is 1. The number of Topliss-reactive ketones (excluding diaryl/α,β-unsaturated/α-hetero) is 1. The lowest BCUT2D eigenvalue weighted by Gasteiger charge is -2.15. The number of carbonyl (C=O) groups is 3. The van der Waals surface area contributed by atoms with Crippen molar-refractivity contribution in [1.29, 1.82) is 0 Å². The lowest BCUT2D eigenvalue weighted by atomic mass is 9.95. The molecule has 2 amide bonds. The van der Waals surface area contributed by atoms with Crippen molar-refractivity contribution in [2.24, 2.45) is 11.8 Å². The molecule has 0 N–H and O–H groups in total. The van der Waals surface area contributed by atoms with E-state index in [1.807, 2.05) is 66.7 Å². The number of hydrogen-bond acceptors (Lipinski definition) is 4.